The van der Waals surface area contributed by atoms with Crippen molar-refractivity contribution < 1.29 is 4.79 Å². The average molecular weight is 513 g/mol. The number of benzene rings is 4. The third-order valence-electron chi connectivity index (χ3n) is 5.45. The number of carbonyl (C=O) groups is 1. The highest BCUT2D eigenvalue weighted by Gasteiger charge is 2.22. The SMILES string of the molecule is O=C(c1ccc(Cc2ccccc2)cc1)N(Cc1ccccc1)c1nc2ccc(Br)cc2s1. The smallest absolute Gasteiger partial charge is 0.260 e. The van der Waals surface area contributed by atoms with Crippen molar-refractivity contribution in [3.63, 3.8) is 0 Å². The monoisotopic (exact) mass is 512 g/mol. The Balaban J connectivity index is 1.45. The minimum absolute atomic E-state index is 0.0526. The molecule has 1 amide bonds. The molecule has 0 fully saturated rings. The van der Waals surface area contributed by atoms with Gasteiger partial charge in [0.15, 0.2) is 5.13 Å². The molecule has 1 aromatic heterocycles. The van der Waals surface area contributed by atoms with E-state index in [-0.39, 0.29) is 5.91 Å². The average Bonchev–Trinajstić information content (AvgIpc) is 3.27. The Morgan fingerprint density at radius 2 is 1.42 bits per heavy atom. The van der Waals surface area contributed by atoms with Gasteiger partial charge in [0.2, 0.25) is 0 Å². The maximum absolute atomic E-state index is 13.6. The molecule has 0 radical (unpaired) electrons. The summed E-state index contributed by atoms with van der Waals surface area (Å²) in [6, 6.07) is 34.3. The van der Waals surface area contributed by atoms with Crippen LogP contribution in [0.1, 0.15) is 27.0 Å². The van der Waals surface area contributed by atoms with Crippen molar-refractivity contribution in [2.75, 3.05) is 4.90 Å². The third kappa shape index (κ3) is 5.05. The zero-order valence-electron chi connectivity index (χ0n) is 17.8. The predicted molar refractivity (Wildman–Crippen MR) is 140 cm³/mol. The Morgan fingerprint density at radius 3 is 2.12 bits per heavy atom. The van der Waals surface area contributed by atoms with Gasteiger partial charge in [-0.2, -0.15) is 0 Å². The maximum Gasteiger partial charge on any atom is 0.260 e. The van der Waals surface area contributed by atoms with Crippen LogP contribution in [0, 0.1) is 0 Å². The van der Waals surface area contributed by atoms with Crippen LogP contribution < -0.4 is 4.90 Å². The number of thiazole rings is 1. The molecule has 0 bridgehead atoms. The summed E-state index contributed by atoms with van der Waals surface area (Å²) in [6.45, 7) is 0.465. The molecule has 1 heterocycles. The van der Waals surface area contributed by atoms with E-state index >= 15 is 0 Å². The van der Waals surface area contributed by atoms with Crippen LogP contribution in [0.4, 0.5) is 5.13 Å². The summed E-state index contributed by atoms with van der Waals surface area (Å²) in [5.41, 5.74) is 5.04. The van der Waals surface area contributed by atoms with Crippen LogP contribution in [0.5, 0.6) is 0 Å². The fourth-order valence-corrected chi connectivity index (χ4v) is 5.26. The van der Waals surface area contributed by atoms with Crippen LogP contribution in [0.25, 0.3) is 10.2 Å². The van der Waals surface area contributed by atoms with E-state index in [4.69, 9.17) is 4.98 Å². The van der Waals surface area contributed by atoms with Crippen LogP contribution in [0.2, 0.25) is 0 Å². The van der Waals surface area contributed by atoms with Crippen LogP contribution in [0.15, 0.2) is 108 Å². The van der Waals surface area contributed by atoms with Gasteiger partial charge in [0.1, 0.15) is 0 Å². The highest BCUT2D eigenvalue weighted by atomic mass is 79.9. The van der Waals surface area contributed by atoms with Gasteiger partial charge in [0.25, 0.3) is 5.91 Å². The van der Waals surface area contributed by atoms with Gasteiger partial charge in [-0.15, -0.1) is 0 Å². The van der Waals surface area contributed by atoms with Gasteiger partial charge in [-0.05, 0) is 53.4 Å². The molecule has 5 aromatic rings. The van der Waals surface area contributed by atoms with E-state index in [9.17, 15) is 4.79 Å². The Labute approximate surface area is 205 Å². The largest absolute Gasteiger partial charge is 0.279 e. The zero-order chi connectivity index (χ0) is 22.6. The lowest BCUT2D eigenvalue weighted by Gasteiger charge is -2.20. The molecule has 3 nitrogen and oxygen atoms in total. The van der Waals surface area contributed by atoms with E-state index in [1.165, 1.54) is 22.5 Å². The summed E-state index contributed by atoms with van der Waals surface area (Å²) < 4.78 is 2.04. The topological polar surface area (TPSA) is 33.2 Å². The number of carbonyl (C=O) groups excluding carboxylic acids is 1. The van der Waals surface area contributed by atoms with Crippen molar-refractivity contribution in [3.8, 4) is 0 Å². The molecule has 0 spiro atoms. The number of nitrogens with zero attached hydrogens (tertiary/aromatic N) is 2. The summed E-state index contributed by atoms with van der Waals surface area (Å²) >= 11 is 5.06. The molecule has 0 aliphatic carbocycles. The highest BCUT2D eigenvalue weighted by molar-refractivity contribution is 9.10. The molecule has 4 aromatic carbocycles. The molecule has 0 aliphatic heterocycles. The van der Waals surface area contributed by atoms with E-state index in [1.54, 1.807) is 4.90 Å². The van der Waals surface area contributed by atoms with E-state index in [0.29, 0.717) is 17.2 Å². The number of rotatable bonds is 6. The number of anilines is 1. The first-order valence-electron chi connectivity index (χ1n) is 10.7. The van der Waals surface area contributed by atoms with Gasteiger partial charge in [-0.3, -0.25) is 9.69 Å². The third-order valence-corrected chi connectivity index (χ3v) is 6.99. The Hall–Kier alpha value is -3.28. The normalized spacial score (nSPS) is 10.9. The van der Waals surface area contributed by atoms with Crippen LogP contribution >= 0.6 is 27.3 Å². The summed E-state index contributed by atoms with van der Waals surface area (Å²) in [7, 11) is 0. The predicted octanol–water partition coefficient (Wildman–Crippen LogP) is 7.50. The van der Waals surface area contributed by atoms with E-state index < -0.39 is 0 Å². The van der Waals surface area contributed by atoms with E-state index in [1.807, 2.05) is 91.0 Å². The standard InChI is InChI=1S/C28H21BrN2OS/c29-24-15-16-25-26(18-24)33-28(30-25)31(19-22-9-5-2-6-10-22)27(32)23-13-11-21(12-14-23)17-20-7-3-1-4-8-20/h1-16,18H,17,19H2. The van der Waals surface area contributed by atoms with Crippen molar-refractivity contribution in [1.82, 2.24) is 4.98 Å². The van der Waals surface area contributed by atoms with Crippen LogP contribution in [-0.2, 0) is 13.0 Å². The van der Waals surface area contributed by atoms with E-state index in [0.717, 1.165) is 26.7 Å². The molecule has 33 heavy (non-hydrogen) atoms. The second kappa shape index (κ2) is 9.69. The number of hydrogen-bond acceptors (Lipinski definition) is 3. The fourth-order valence-electron chi connectivity index (χ4n) is 3.75. The van der Waals surface area contributed by atoms with Gasteiger partial charge in [0.05, 0.1) is 16.8 Å². The first-order valence-corrected chi connectivity index (χ1v) is 12.3. The summed E-state index contributed by atoms with van der Waals surface area (Å²) in [6.07, 6.45) is 0.843. The first-order chi connectivity index (χ1) is 16.2. The number of fused-ring (bicyclic) bond motifs is 1. The lowest BCUT2D eigenvalue weighted by atomic mass is 10.0. The van der Waals surface area contributed by atoms with Crippen LogP contribution in [0.3, 0.4) is 0 Å². The van der Waals surface area contributed by atoms with Gasteiger partial charge < -0.3 is 0 Å². The quantitative estimate of drug-likeness (QED) is 0.236. The van der Waals surface area contributed by atoms with Crippen molar-refractivity contribution in [3.05, 3.63) is 130 Å². The molecule has 0 saturated carbocycles. The van der Waals surface area contributed by atoms with Crippen molar-refractivity contribution >= 4 is 48.5 Å². The molecule has 0 atom stereocenters. The Bertz CT molecular complexity index is 1380. The molecule has 5 rings (SSSR count). The lowest BCUT2D eigenvalue weighted by Crippen LogP contribution is -2.30. The molecule has 0 N–H and O–H groups in total. The maximum atomic E-state index is 13.6. The molecule has 0 saturated heterocycles. The minimum Gasteiger partial charge on any atom is -0.279 e. The molecular formula is C28H21BrN2OS. The number of amides is 1. The molecule has 0 aliphatic rings. The Morgan fingerprint density at radius 1 is 0.788 bits per heavy atom. The van der Waals surface area contributed by atoms with Gasteiger partial charge in [-0.25, -0.2) is 4.98 Å². The summed E-state index contributed by atoms with van der Waals surface area (Å²) in [4.78, 5) is 20.2. The van der Waals surface area contributed by atoms with Gasteiger partial charge in [-0.1, -0.05) is 100 Å². The molecular weight excluding hydrogens is 492 g/mol. The molecule has 0 unspecified atom stereocenters. The van der Waals surface area contributed by atoms with Gasteiger partial charge >= 0.3 is 0 Å². The van der Waals surface area contributed by atoms with Crippen LogP contribution in [-0.4, -0.2) is 10.9 Å². The zero-order valence-corrected chi connectivity index (χ0v) is 20.2. The number of aromatic nitrogens is 1. The fraction of sp³-hybridized carbons (Fsp3) is 0.0714. The van der Waals surface area contributed by atoms with E-state index in [2.05, 4.69) is 28.1 Å². The number of hydrogen-bond donors (Lipinski definition) is 0. The molecule has 5 heteroatoms. The second-order valence-electron chi connectivity index (χ2n) is 7.84. The Kier molecular flexibility index (Phi) is 6.33. The van der Waals surface area contributed by atoms with Gasteiger partial charge in [0, 0.05) is 10.0 Å². The highest BCUT2D eigenvalue weighted by Crippen LogP contribution is 2.32. The summed E-state index contributed by atoms with van der Waals surface area (Å²) in [5, 5.41) is 0.699. The minimum atomic E-state index is -0.0526. The first kappa shape index (κ1) is 21.6. The number of halogens is 1. The van der Waals surface area contributed by atoms with Crippen molar-refractivity contribution in [1.29, 1.82) is 0 Å². The molecule has 162 valence electrons. The van der Waals surface area contributed by atoms with Crippen molar-refractivity contribution in [2.45, 2.75) is 13.0 Å². The summed E-state index contributed by atoms with van der Waals surface area (Å²) in [5.74, 6) is -0.0526. The second-order valence-corrected chi connectivity index (χ2v) is 9.77. The lowest BCUT2D eigenvalue weighted by molar-refractivity contribution is 0.0985. The van der Waals surface area contributed by atoms with Crippen molar-refractivity contribution in [2.24, 2.45) is 0 Å².